The van der Waals surface area contributed by atoms with Gasteiger partial charge in [0.15, 0.2) is 5.76 Å². The minimum atomic E-state index is -3.65. The quantitative estimate of drug-likeness (QED) is 0.794. The van der Waals surface area contributed by atoms with Gasteiger partial charge < -0.3 is 10.3 Å². The highest BCUT2D eigenvalue weighted by Gasteiger charge is 2.20. The lowest BCUT2D eigenvalue weighted by molar-refractivity contribution is 0.380. The highest BCUT2D eigenvalue weighted by molar-refractivity contribution is 7.89. The lowest BCUT2D eigenvalue weighted by Crippen LogP contribution is -2.24. The Morgan fingerprint density at radius 1 is 1.29 bits per heavy atom. The fourth-order valence-corrected chi connectivity index (χ4v) is 3.51. The van der Waals surface area contributed by atoms with E-state index < -0.39 is 10.0 Å². The number of aromatic nitrogens is 1. The van der Waals surface area contributed by atoms with Gasteiger partial charge in [-0.05, 0) is 36.1 Å². The van der Waals surface area contributed by atoms with Crippen LogP contribution in [0.1, 0.15) is 30.7 Å². The van der Waals surface area contributed by atoms with Crippen molar-refractivity contribution in [1.29, 1.82) is 0 Å². The van der Waals surface area contributed by atoms with Gasteiger partial charge in [0.1, 0.15) is 0 Å². The molecule has 114 valence electrons. The number of nitrogens with one attached hydrogen (secondary N) is 1. The van der Waals surface area contributed by atoms with E-state index in [4.69, 9.17) is 10.3 Å². The fourth-order valence-electron chi connectivity index (χ4n) is 2.13. The molecule has 1 heterocycles. The summed E-state index contributed by atoms with van der Waals surface area (Å²) in [7, 11) is -3.65. The zero-order valence-corrected chi connectivity index (χ0v) is 12.9. The molecule has 0 bridgehead atoms. The highest BCUT2D eigenvalue weighted by Crippen LogP contribution is 2.25. The average molecular weight is 309 g/mol. The van der Waals surface area contributed by atoms with Gasteiger partial charge in [-0.15, -0.1) is 0 Å². The summed E-state index contributed by atoms with van der Waals surface area (Å²) in [6, 6.07) is 5.12. The Kier molecular flexibility index (Phi) is 4.64. The summed E-state index contributed by atoms with van der Waals surface area (Å²) in [5.74, 6) is 0.455. The van der Waals surface area contributed by atoms with E-state index in [0.717, 1.165) is 12.0 Å². The van der Waals surface area contributed by atoms with Crippen LogP contribution >= 0.6 is 0 Å². The molecule has 0 amide bonds. The molecule has 3 N–H and O–H groups in total. The standard InChI is InChI=1S/C14H19N3O3S/c1-3-10-7-13(15)12(4-2)14(8-10)21(18,19)17-9-11-5-6-16-20-11/h5-8,17H,3-4,9,15H2,1-2H3. The van der Waals surface area contributed by atoms with E-state index in [1.54, 1.807) is 12.1 Å². The molecule has 0 aliphatic heterocycles. The first kappa shape index (κ1) is 15.5. The van der Waals surface area contributed by atoms with Crippen molar-refractivity contribution in [1.82, 2.24) is 9.88 Å². The molecule has 0 atom stereocenters. The van der Waals surface area contributed by atoms with Crippen molar-refractivity contribution >= 4 is 15.7 Å². The second kappa shape index (κ2) is 6.28. The van der Waals surface area contributed by atoms with E-state index >= 15 is 0 Å². The van der Waals surface area contributed by atoms with Crippen LogP contribution in [-0.2, 0) is 29.4 Å². The van der Waals surface area contributed by atoms with Gasteiger partial charge in [-0.1, -0.05) is 19.0 Å². The minimum Gasteiger partial charge on any atom is -0.398 e. The van der Waals surface area contributed by atoms with Crippen LogP contribution in [0.3, 0.4) is 0 Å². The van der Waals surface area contributed by atoms with Gasteiger partial charge in [-0.25, -0.2) is 13.1 Å². The molecule has 0 aliphatic rings. The lowest BCUT2D eigenvalue weighted by Gasteiger charge is -2.14. The Morgan fingerprint density at radius 3 is 2.62 bits per heavy atom. The van der Waals surface area contributed by atoms with Gasteiger partial charge in [0.05, 0.1) is 17.6 Å². The van der Waals surface area contributed by atoms with Crippen LogP contribution in [0.5, 0.6) is 0 Å². The van der Waals surface area contributed by atoms with E-state index in [9.17, 15) is 8.42 Å². The molecule has 0 aliphatic carbocycles. The molecule has 0 saturated heterocycles. The maximum Gasteiger partial charge on any atom is 0.241 e. The van der Waals surface area contributed by atoms with E-state index in [1.807, 2.05) is 19.9 Å². The van der Waals surface area contributed by atoms with Gasteiger partial charge in [-0.2, -0.15) is 0 Å². The average Bonchev–Trinajstić information content (AvgIpc) is 2.97. The highest BCUT2D eigenvalue weighted by atomic mass is 32.2. The molecule has 21 heavy (non-hydrogen) atoms. The van der Waals surface area contributed by atoms with E-state index in [2.05, 4.69) is 9.88 Å². The predicted molar refractivity (Wildman–Crippen MR) is 80.1 cm³/mol. The van der Waals surface area contributed by atoms with Crippen LogP contribution in [0.4, 0.5) is 5.69 Å². The zero-order valence-electron chi connectivity index (χ0n) is 12.1. The normalized spacial score (nSPS) is 11.7. The van der Waals surface area contributed by atoms with Crippen molar-refractivity contribution in [2.24, 2.45) is 0 Å². The van der Waals surface area contributed by atoms with Crippen LogP contribution in [0.15, 0.2) is 33.8 Å². The Morgan fingerprint density at radius 2 is 2.05 bits per heavy atom. The summed E-state index contributed by atoms with van der Waals surface area (Å²) in [6.07, 6.45) is 2.74. The SMILES string of the molecule is CCc1cc(N)c(CC)c(S(=O)(=O)NCc2ccno2)c1. The number of hydrogen-bond donors (Lipinski definition) is 2. The van der Waals surface area contributed by atoms with Gasteiger partial charge in [0, 0.05) is 11.8 Å². The number of nitrogens with two attached hydrogens (primary N) is 1. The Balaban J connectivity index is 2.36. The molecule has 1 aromatic carbocycles. The van der Waals surface area contributed by atoms with Gasteiger partial charge in [0.25, 0.3) is 0 Å². The van der Waals surface area contributed by atoms with E-state index in [1.165, 1.54) is 6.20 Å². The molecule has 7 heteroatoms. The summed E-state index contributed by atoms with van der Waals surface area (Å²) in [4.78, 5) is 0.237. The summed E-state index contributed by atoms with van der Waals surface area (Å²) in [5.41, 5.74) is 8.02. The number of anilines is 1. The number of nitrogen functional groups attached to an aromatic ring is 1. The number of aryl methyl sites for hydroxylation is 1. The molecule has 0 radical (unpaired) electrons. The van der Waals surface area contributed by atoms with Crippen LogP contribution in [0, 0.1) is 0 Å². The van der Waals surface area contributed by atoms with Crippen LogP contribution in [0.2, 0.25) is 0 Å². The van der Waals surface area contributed by atoms with Crippen molar-refractivity contribution in [3.05, 3.63) is 41.3 Å². The van der Waals surface area contributed by atoms with Gasteiger partial charge in [-0.3, -0.25) is 0 Å². The topological polar surface area (TPSA) is 98.2 Å². The smallest absolute Gasteiger partial charge is 0.241 e. The Labute approximate surface area is 124 Å². The van der Waals surface area contributed by atoms with Crippen LogP contribution in [0.25, 0.3) is 0 Å². The van der Waals surface area contributed by atoms with Gasteiger partial charge >= 0.3 is 0 Å². The largest absolute Gasteiger partial charge is 0.398 e. The molecule has 0 unspecified atom stereocenters. The Bertz CT molecular complexity index is 709. The summed E-state index contributed by atoms with van der Waals surface area (Å²) >= 11 is 0. The third-order valence-corrected chi connectivity index (χ3v) is 4.75. The van der Waals surface area contributed by atoms with Gasteiger partial charge in [0.2, 0.25) is 10.0 Å². The van der Waals surface area contributed by atoms with Crippen LogP contribution < -0.4 is 10.5 Å². The third kappa shape index (κ3) is 3.43. The van der Waals surface area contributed by atoms with Crippen LogP contribution in [-0.4, -0.2) is 13.6 Å². The summed E-state index contributed by atoms with van der Waals surface area (Å²) in [6.45, 7) is 3.90. The second-order valence-electron chi connectivity index (χ2n) is 4.67. The molecule has 2 rings (SSSR count). The first-order valence-electron chi connectivity index (χ1n) is 6.78. The summed E-state index contributed by atoms with van der Waals surface area (Å²) in [5, 5.41) is 3.54. The number of benzene rings is 1. The van der Waals surface area contributed by atoms with Crippen molar-refractivity contribution in [2.45, 2.75) is 38.1 Å². The summed E-state index contributed by atoms with van der Waals surface area (Å²) < 4.78 is 32.4. The number of rotatable bonds is 6. The number of nitrogens with zero attached hydrogens (tertiary/aromatic N) is 1. The number of sulfonamides is 1. The zero-order chi connectivity index (χ0) is 15.5. The van der Waals surface area contributed by atoms with Crippen molar-refractivity contribution in [3.8, 4) is 0 Å². The first-order valence-corrected chi connectivity index (χ1v) is 8.26. The molecule has 0 saturated carbocycles. The molecule has 0 spiro atoms. The maximum absolute atomic E-state index is 12.5. The number of hydrogen-bond acceptors (Lipinski definition) is 5. The maximum atomic E-state index is 12.5. The van der Waals surface area contributed by atoms with E-state index in [-0.39, 0.29) is 11.4 Å². The minimum absolute atomic E-state index is 0.0573. The van der Waals surface area contributed by atoms with Crippen molar-refractivity contribution in [2.75, 3.05) is 5.73 Å². The molecule has 1 aromatic heterocycles. The fraction of sp³-hybridized carbons (Fsp3) is 0.357. The lowest BCUT2D eigenvalue weighted by atomic mass is 10.1. The molecular weight excluding hydrogens is 290 g/mol. The monoisotopic (exact) mass is 309 g/mol. The third-order valence-electron chi connectivity index (χ3n) is 3.28. The van der Waals surface area contributed by atoms with Crippen molar-refractivity contribution in [3.63, 3.8) is 0 Å². The second-order valence-corrected chi connectivity index (χ2v) is 6.41. The molecule has 6 nitrogen and oxygen atoms in total. The first-order chi connectivity index (χ1) is 9.97. The molecule has 0 fully saturated rings. The predicted octanol–water partition coefficient (Wildman–Crippen LogP) is 1.86. The van der Waals surface area contributed by atoms with E-state index in [0.29, 0.717) is 23.4 Å². The molecule has 2 aromatic rings. The van der Waals surface area contributed by atoms with Crippen molar-refractivity contribution < 1.29 is 12.9 Å². The Hall–Kier alpha value is -1.86. The molecular formula is C14H19N3O3S.